The van der Waals surface area contributed by atoms with Crippen molar-refractivity contribution < 1.29 is 19.5 Å². The number of aliphatic hydroxyl groups excluding tert-OH is 1. The van der Waals surface area contributed by atoms with E-state index in [0.717, 1.165) is 5.56 Å². The monoisotopic (exact) mass is 301 g/mol. The largest absolute Gasteiger partial charge is 0.486 e. The van der Waals surface area contributed by atoms with Crippen LogP contribution in [-0.4, -0.2) is 23.2 Å². The Labute approximate surface area is 127 Å². The summed E-state index contributed by atoms with van der Waals surface area (Å²) in [6, 6.07) is 9.99. The van der Waals surface area contributed by atoms with Gasteiger partial charge in [-0.15, -0.1) is 0 Å². The van der Waals surface area contributed by atoms with Crippen molar-refractivity contribution in [2.24, 2.45) is 0 Å². The van der Waals surface area contributed by atoms with Crippen molar-refractivity contribution in [1.29, 1.82) is 0 Å². The zero-order valence-corrected chi connectivity index (χ0v) is 12.0. The number of nitro groups is 1. The van der Waals surface area contributed by atoms with Gasteiger partial charge in [0.25, 0.3) is 5.69 Å². The van der Waals surface area contributed by atoms with Crippen LogP contribution < -0.4 is 9.47 Å². The second-order valence-electron chi connectivity index (χ2n) is 5.13. The molecule has 0 saturated carbocycles. The third-order valence-corrected chi connectivity index (χ3v) is 3.58. The number of benzene rings is 2. The molecule has 0 spiro atoms. The van der Waals surface area contributed by atoms with E-state index in [1.165, 1.54) is 12.1 Å². The molecule has 0 fully saturated rings. The first kappa shape index (κ1) is 14.3. The lowest BCUT2D eigenvalue weighted by Gasteiger charge is -2.20. The Bertz CT molecular complexity index is 711. The van der Waals surface area contributed by atoms with Gasteiger partial charge in [0.05, 0.1) is 16.6 Å². The highest BCUT2D eigenvalue weighted by molar-refractivity contribution is 5.57. The van der Waals surface area contributed by atoms with Crippen molar-refractivity contribution in [2.75, 3.05) is 13.2 Å². The zero-order valence-electron chi connectivity index (χ0n) is 12.0. The molecule has 1 N–H and O–H groups in total. The third-order valence-electron chi connectivity index (χ3n) is 3.58. The predicted molar refractivity (Wildman–Crippen MR) is 79.3 cm³/mol. The van der Waals surface area contributed by atoms with Gasteiger partial charge in [-0.25, -0.2) is 0 Å². The van der Waals surface area contributed by atoms with Gasteiger partial charge in [0, 0.05) is 0 Å². The van der Waals surface area contributed by atoms with E-state index in [1.54, 1.807) is 12.1 Å². The van der Waals surface area contributed by atoms with Crippen molar-refractivity contribution in [1.82, 2.24) is 0 Å². The average molecular weight is 301 g/mol. The molecule has 3 rings (SSSR count). The molecular weight excluding hydrogens is 286 g/mol. The Morgan fingerprint density at radius 1 is 1.14 bits per heavy atom. The van der Waals surface area contributed by atoms with Crippen LogP contribution in [0, 0.1) is 17.0 Å². The van der Waals surface area contributed by atoms with Crippen LogP contribution >= 0.6 is 0 Å². The molecule has 2 aromatic carbocycles. The molecule has 6 heteroatoms. The Balaban J connectivity index is 2.07. The minimum Gasteiger partial charge on any atom is -0.486 e. The first-order valence-electron chi connectivity index (χ1n) is 6.89. The first-order chi connectivity index (χ1) is 10.6. The number of aliphatic hydroxyl groups is 1. The molecule has 1 aliphatic heterocycles. The van der Waals surface area contributed by atoms with Gasteiger partial charge >= 0.3 is 0 Å². The highest BCUT2D eigenvalue weighted by atomic mass is 16.6. The maximum absolute atomic E-state index is 11.3. The van der Waals surface area contributed by atoms with Crippen molar-refractivity contribution in [3.63, 3.8) is 0 Å². The molecule has 1 atom stereocenters. The number of hydrogen-bond donors (Lipinski definition) is 1. The summed E-state index contributed by atoms with van der Waals surface area (Å²) < 4.78 is 10.8. The van der Waals surface area contributed by atoms with Gasteiger partial charge < -0.3 is 14.6 Å². The van der Waals surface area contributed by atoms with Crippen LogP contribution in [0.15, 0.2) is 36.4 Å². The number of ether oxygens (including phenoxy) is 2. The van der Waals surface area contributed by atoms with Crippen LogP contribution in [-0.2, 0) is 0 Å². The highest BCUT2D eigenvalue weighted by Crippen LogP contribution is 2.40. The van der Waals surface area contributed by atoms with Crippen molar-refractivity contribution in [3.8, 4) is 11.5 Å². The molecule has 0 aliphatic carbocycles. The van der Waals surface area contributed by atoms with Crippen LogP contribution in [0.4, 0.5) is 5.69 Å². The summed E-state index contributed by atoms with van der Waals surface area (Å²) in [6.45, 7) is 2.66. The number of rotatable bonds is 3. The summed E-state index contributed by atoms with van der Waals surface area (Å²) >= 11 is 0. The third kappa shape index (κ3) is 2.60. The van der Waals surface area contributed by atoms with Crippen LogP contribution in [0.2, 0.25) is 0 Å². The van der Waals surface area contributed by atoms with Crippen molar-refractivity contribution >= 4 is 5.69 Å². The van der Waals surface area contributed by atoms with E-state index in [0.29, 0.717) is 30.3 Å². The number of hydrogen-bond acceptors (Lipinski definition) is 5. The maximum atomic E-state index is 11.3. The van der Waals surface area contributed by atoms with Gasteiger partial charge in [-0.1, -0.05) is 29.8 Å². The lowest BCUT2D eigenvalue weighted by Crippen LogP contribution is -2.16. The zero-order chi connectivity index (χ0) is 15.7. The number of nitro benzene ring substituents is 1. The van der Waals surface area contributed by atoms with Crippen LogP contribution in [0.25, 0.3) is 0 Å². The molecule has 114 valence electrons. The number of fused-ring (bicyclic) bond motifs is 1. The molecule has 0 aromatic heterocycles. The molecule has 0 radical (unpaired) electrons. The number of nitrogens with zero attached hydrogens (tertiary/aromatic N) is 1. The number of aryl methyl sites for hydroxylation is 1. The molecular formula is C16H15NO5. The summed E-state index contributed by atoms with van der Waals surface area (Å²) in [5.74, 6) is 0.746. The van der Waals surface area contributed by atoms with E-state index in [9.17, 15) is 15.2 Å². The van der Waals surface area contributed by atoms with Gasteiger partial charge in [-0.3, -0.25) is 10.1 Å². The average Bonchev–Trinajstić information content (AvgIpc) is 2.53. The fourth-order valence-corrected chi connectivity index (χ4v) is 2.40. The predicted octanol–water partition coefficient (Wildman–Crippen LogP) is 2.76. The minimum atomic E-state index is -1.10. The van der Waals surface area contributed by atoms with E-state index in [2.05, 4.69) is 0 Å². The van der Waals surface area contributed by atoms with E-state index in [-0.39, 0.29) is 11.3 Å². The van der Waals surface area contributed by atoms with Gasteiger partial charge in [0.1, 0.15) is 19.3 Å². The SMILES string of the molecule is Cc1ccc(C(O)c2cc3c(cc2[N+](=O)[O-])OCCO3)cc1. The molecule has 22 heavy (non-hydrogen) atoms. The van der Waals surface area contributed by atoms with Crippen LogP contribution in [0.5, 0.6) is 11.5 Å². The van der Waals surface area contributed by atoms with Gasteiger partial charge in [0.2, 0.25) is 0 Å². The normalized spacial score (nSPS) is 14.5. The molecule has 0 bridgehead atoms. The van der Waals surface area contributed by atoms with Crippen molar-refractivity contribution in [3.05, 3.63) is 63.2 Å². The first-order valence-corrected chi connectivity index (χ1v) is 6.89. The van der Waals surface area contributed by atoms with Gasteiger partial charge in [0.15, 0.2) is 11.5 Å². The summed E-state index contributed by atoms with van der Waals surface area (Å²) in [6.07, 6.45) is -1.10. The topological polar surface area (TPSA) is 81.8 Å². The lowest BCUT2D eigenvalue weighted by molar-refractivity contribution is -0.386. The molecule has 0 saturated heterocycles. The summed E-state index contributed by atoms with van der Waals surface area (Å²) in [5, 5.41) is 21.8. The fourth-order valence-electron chi connectivity index (χ4n) is 2.40. The van der Waals surface area contributed by atoms with Crippen molar-refractivity contribution in [2.45, 2.75) is 13.0 Å². The minimum absolute atomic E-state index is 0.183. The summed E-state index contributed by atoms with van der Waals surface area (Å²) in [4.78, 5) is 10.8. The molecule has 1 aliphatic rings. The standard InChI is InChI=1S/C16H15NO5/c1-10-2-4-11(5-3-10)16(18)12-8-14-15(22-7-6-21-14)9-13(12)17(19)20/h2-5,8-9,16,18H,6-7H2,1H3. The Morgan fingerprint density at radius 3 is 2.32 bits per heavy atom. The molecule has 1 unspecified atom stereocenters. The maximum Gasteiger partial charge on any atom is 0.279 e. The Morgan fingerprint density at radius 2 is 1.73 bits per heavy atom. The van der Waals surface area contributed by atoms with Gasteiger partial charge in [-0.2, -0.15) is 0 Å². The molecule has 0 amide bonds. The van der Waals surface area contributed by atoms with E-state index < -0.39 is 11.0 Å². The summed E-state index contributed by atoms with van der Waals surface area (Å²) in [5.41, 5.74) is 1.65. The second-order valence-corrected chi connectivity index (χ2v) is 5.13. The lowest BCUT2D eigenvalue weighted by atomic mass is 9.98. The molecule has 2 aromatic rings. The van der Waals surface area contributed by atoms with E-state index >= 15 is 0 Å². The molecule has 1 heterocycles. The second kappa shape index (κ2) is 5.65. The fraction of sp³-hybridized carbons (Fsp3) is 0.250. The Kier molecular flexibility index (Phi) is 3.68. The quantitative estimate of drug-likeness (QED) is 0.696. The molecule has 6 nitrogen and oxygen atoms in total. The van der Waals surface area contributed by atoms with Gasteiger partial charge in [-0.05, 0) is 18.6 Å². The Hall–Kier alpha value is -2.60. The van der Waals surface area contributed by atoms with E-state index in [1.807, 2.05) is 19.1 Å². The summed E-state index contributed by atoms with van der Waals surface area (Å²) in [7, 11) is 0. The highest BCUT2D eigenvalue weighted by Gasteiger charge is 2.27. The van der Waals surface area contributed by atoms with E-state index in [4.69, 9.17) is 9.47 Å². The smallest absolute Gasteiger partial charge is 0.279 e. The van der Waals surface area contributed by atoms with Crippen LogP contribution in [0.3, 0.4) is 0 Å². The van der Waals surface area contributed by atoms with Crippen LogP contribution in [0.1, 0.15) is 22.8 Å².